The molecule has 2 rings (SSSR count). The van der Waals surface area contributed by atoms with Gasteiger partial charge in [0, 0.05) is 6.54 Å². The van der Waals surface area contributed by atoms with Crippen molar-refractivity contribution >= 4 is 26.5 Å². The van der Waals surface area contributed by atoms with Gasteiger partial charge in [-0.05, 0) is 18.1 Å². The first-order chi connectivity index (χ1) is 8.99. The predicted molar refractivity (Wildman–Crippen MR) is 69.6 cm³/mol. The molecule has 0 amide bonds. The lowest BCUT2D eigenvalue weighted by molar-refractivity contribution is 0.575. The summed E-state index contributed by atoms with van der Waals surface area (Å²) >= 11 is 0.775. The first-order valence-corrected chi connectivity index (χ1v) is 7.61. The van der Waals surface area contributed by atoms with Crippen LogP contribution in [0, 0.1) is 5.82 Å². The Morgan fingerprint density at radius 1 is 1.32 bits per heavy atom. The molecule has 19 heavy (non-hydrogen) atoms. The van der Waals surface area contributed by atoms with Crippen LogP contribution in [0.2, 0.25) is 0 Å². The largest absolute Gasteiger partial charge is 0.374 e. The van der Waals surface area contributed by atoms with Crippen molar-refractivity contribution in [1.82, 2.24) is 14.9 Å². The van der Waals surface area contributed by atoms with Crippen LogP contribution < -0.4 is 10.5 Å². The van der Waals surface area contributed by atoms with E-state index in [-0.39, 0.29) is 28.3 Å². The van der Waals surface area contributed by atoms with Crippen LogP contribution in [0.1, 0.15) is 5.56 Å². The Balaban J connectivity index is 1.98. The SMILES string of the molecule is Nc1nnc(S(=O)(=O)NCCc2ccccc2F)s1. The third-order valence-corrected chi connectivity index (χ3v) is 4.88. The standard InChI is InChI=1S/C10H11FN4O2S2/c11-8-4-2-1-3-7(8)5-6-13-19(16,17)10-15-14-9(12)18-10/h1-4,13H,5-6H2,(H2,12,14). The summed E-state index contributed by atoms with van der Waals surface area (Å²) in [6.07, 6.45) is 0.250. The Bertz CT molecular complexity index is 672. The number of nitrogens with zero attached hydrogens (tertiary/aromatic N) is 2. The van der Waals surface area contributed by atoms with E-state index in [1.807, 2.05) is 0 Å². The first-order valence-electron chi connectivity index (χ1n) is 5.31. The van der Waals surface area contributed by atoms with E-state index in [9.17, 15) is 12.8 Å². The van der Waals surface area contributed by atoms with Gasteiger partial charge in [0.15, 0.2) is 0 Å². The van der Waals surface area contributed by atoms with E-state index in [0.29, 0.717) is 5.56 Å². The number of hydrogen-bond acceptors (Lipinski definition) is 6. The molecule has 0 aliphatic rings. The number of aromatic nitrogens is 2. The van der Waals surface area contributed by atoms with Crippen LogP contribution in [-0.2, 0) is 16.4 Å². The van der Waals surface area contributed by atoms with Crippen molar-refractivity contribution in [2.45, 2.75) is 10.8 Å². The number of sulfonamides is 1. The summed E-state index contributed by atoms with van der Waals surface area (Å²) in [5.74, 6) is -0.359. The molecule has 0 saturated carbocycles. The van der Waals surface area contributed by atoms with Crippen molar-refractivity contribution < 1.29 is 12.8 Å². The summed E-state index contributed by atoms with van der Waals surface area (Å²) < 4.78 is 39.0. The second-order valence-electron chi connectivity index (χ2n) is 3.65. The minimum absolute atomic E-state index is 0.0722. The van der Waals surface area contributed by atoms with E-state index in [1.165, 1.54) is 6.07 Å². The van der Waals surface area contributed by atoms with Crippen molar-refractivity contribution in [1.29, 1.82) is 0 Å². The molecule has 0 bridgehead atoms. The Kier molecular flexibility index (Phi) is 4.08. The monoisotopic (exact) mass is 302 g/mol. The third-order valence-electron chi connectivity index (χ3n) is 2.30. The lowest BCUT2D eigenvalue weighted by Gasteiger charge is -2.04. The minimum atomic E-state index is -3.73. The van der Waals surface area contributed by atoms with Crippen LogP contribution in [0.5, 0.6) is 0 Å². The van der Waals surface area contributed by atoms with E-state index in [0.717, 1.165) is 11.3 Å². The van der Waals surface area contributed by atoms with Crippen molar-refractivity contribution in [3.63, 3.8) is 0 Å². The Labute approximate surface area is 113 Å². The summed E-state index contributed by atoms with van der Waals surface area (Å²) in [6.45, 7) is 0.0722. The fraction of sp³-hybridized carbons (Fsp3) is 0.200. The number of halogens is 1. The molecule has 102 valence electrons. The van der Waals surface area contributed by atoms with Gasteiger partial charge in [-0.15, -0.1) is 10.2 Å². The van der Waals surface area contributed by atoms with Gasteiger partial charge in [0.1, 0.15) is 5.82 Å². The molecule has 1 heterocycles. The molecule has 0 unspecified atom stereocenters. The van der Waals surface area contributed by atoms with E-state index in [1.54, 1.807) is 18.2 Å². The number of hydrogen-bond donors (Lipinski definition) is 2. The van der Waals surface area contributed by atoms with Gasteiger partial charge >= 0.3 is 0 Å². The lowest BCUT2D eigenvalue weighted by atomic mass is 10.1. The first kappa shape index (κ1) is 13.8. The van der Waals surface area contributed by atoms with Gasteiger partial charge < -0.3 is 5.73 Å². The normalized spacial score (nSPS) is 11.6. The maximum atomic E-state index is 13.3. The lowest BCUT2D eigenvalue weighted by Crippen LogP contribution is -2.26. The second kappa shape index (κ2) is 5.59. The van der Waals surface area contributed by atoms with Gasteiger partial charge in [0.25, 0.3) is 10.0 Å². The highest BCUT2D eigenvalue weighted by atomic mass is 32.2. The van der Waals surface area contributed by atoms with E-state index in [2.05, 4.69) is 14.9 Å². The highest BCUT2D eigenvalue weighted by Crippen LogP contribution is 2.16. The molecule has 3 N–H and O–H groups in total. The average Bonchev–Trinajstić information content (AvgIpc) is 2.79. The molecule has 0 fully saturated rings. The number of benzene rings is 1. The summed E-state index contributed by atoms with van der Waals surface area (Å²) in [6, 6.07) is 6.20. The molecule has 9 heteroatoms. The highest BCUT2D eigenvalue weighted by molar-refractivity contribution is 7.91. The molecule has 6 nitrogen and oxygen atoms in total. The zero-order valence-electron chi connectivity index (χ0n) is 9.71. The topological polar surface area (TPSA) is 98.0 Å². The van der Waals surface area contributed by atoms with Crippen LogP contribution in [0.3, 0.4) is 0 Å². The molecule has 2 aromatic rings. The van der Waals surface area contributed by atoms with Crippen LogP contribution >= 0.6 is 11.3 Å². The molecule has 0 radical (unpaired) electrons. The highest BCUT2D eigenvalue weighted by Gasteiger charge is 2.18. The molecule has 0 aliphatic heterocycles. The second-order valence-corrected chi connectivity index (χ2v) is 6.60. The number of nitrogens with two attached hydrogens (primary N) is 1. The van der Waals surface area contributed by atoms with Crippen molar-refractivity contribution in [3.8, 4) is 0 Å². The Morgan fingerprint density at radius 2 is 2.05 bits per heavy atom. The number of rotatable bonds is 5. The van der Waals surface area contributed by atoms with Gasteiger partial charge in [-0.1, -0.05) is 29.5 Å². The van der Waals surface area contributed by atoms with Crippen LogP contribution in [0.25, 0.3) is 0 Å². The van der Waals surface area contributed by atoms with E-state index in [4.69, 9.17) is 5.73 Å². The predicted octanol–water partition coefficient (Wildman–Crippen LogP) is 0.780. The third kappa shape index (κ3) is 3.46. The molecule has 1 aromatic heterocycles. The maximum absolute atomic E-state index is 13.3. The molecule has 0 atom stereocenters. The zero-order valence-corrected chi connectivity index (χ0v) is 11.3. The quantitative estimate of drug-likeness (QED) is 0.850. The van der Waals surface area contributed by atoms with Crippen LogP contribution in [0.4, 0.5) is 9.52 Å². The van der Waals surface area contributed by atoms with Crippen molar-refractivity contribution in [3.05, 3.63) is 35.6 Å². The maximum Gasteiger partial charge on any atom is 0.269 e. The summed E-state index contributed by atoms with van der Waals surface area (Å²) in [4.78, 5) is 0. The van der Waals surface area contributed by atoms with Gasteiger partial charge in [-0.2, -0.15) is 0 Å². The summed E-state index contributed by atoms with van der Waals surface area (Å²) in [5, 5.41) is 6.96. The molecular formula is C10H11FN4O2S2. The molecule has 0 aliphatic carbocycles. The number of nitrogen functional groups attached to an aromatic ring is 1. The van der Waals surface area contributed by atoms with E-state index < -0.39 is 10.0 Å². The van der Waals surface area contributed by atoms with E-state index >= 15 is 0 Å². The summed E-state index contributed by atoms with van der Waals surface area (Å²) in [5.41, 5.74) is 5.76. The molecular weight excluding hydrogens is 291 g/mol. The van der Waals surface area contributed by atoms with Gasteiger partial charge in [0.2, 0.25) is 9.47 Å². The van der Waals surface area contributed by atoms with Crippen molar-refractivity contribution in [2.75, 3.05) is 12.3 Å². The van der Waals surface area contributed by atoms with Gasteiger partial charge in [-0.3, -0.25) is 0 Å². The van der Waals surface area contributed by atoms with Crippen LogP contribution in [0.15, 0.2) is 28.6 Å². The summed E-state index contributed by atoms with van der Waals surface area (Å²) in [7, 11) is -3.73. The Hall–Kier alpha value is -1.58. The van der Waals surface area contributed by atoms with Crippen LogP contribution in [-0.4, -0.2) is 25.2 Å². The number of nitrogens with one attached hydrogen (secondary N) is 1. The van der Waals surface area contributed by atoms with Gasteiger partial charge in [-0.25, -0.2) is 17.5 Å². The smallest absolute Gasteiger partial charge is 0.269 e. The minimum Gasteiger partial charge on any atom is -0.374 e. The molecule has 0 spiro atoms. The fourth-order valence-electron chi connectivity index (χ4n) is 1.41. The number of anilines is 1. The van der Waals surface area contributed by atoms with Crippen molar-refractivity contribution in [2.24, 2.45) is 0 Å². The molecule has 1 aromatic carbocycles. The average molecular weight is 302 g/mol. The zero-order chi connectivity index (χ0) is 13.9. The van der Waals surface area contributed by atoms with Gasteiger partial charge in [0.05, 0.1) is 0 Å². The molecule has 0 saturated heterocycles. The Morgan fingerprint density at radius 3 is 2.68 bits per heavy atom. The fourth-order valence-corrected chi connectivity index (χ4v) is 3.27.